The molecular formula is C19H32O2. The molecule has 4 saturated carbocycles. The van der Waals surface area contributed by atoms with Gasteiger partial charge >= 0.3 is 0 Å². The van der Waals surface area contributed by atoms with Crippen LogP contribution in [0.1, 0.15) is 71.6 Å². The summed E-state index contributed by atoms with van der Waals surface area (Å²) < 4.78 is 0. The van der Waals surface area contributed by atoms with Gasteiger partial charge in [-0.1, -0.05) is 20.3 Å². The molecule has 120 valence electrons. The molecule has 4 fully saturated rings. The maximum Gasteiger partial charge on any atom is 0.0581 e. The molecule has 0 heterocycles. The third-order valence-electron chi connectivity index (χ3n) is 8.34. The van der Waals surface area contributed by atoms with Crippen molar-refractivity contribution in [1.82, 2.24) is 0 Å². The Hall–Kier alpha value is -0.0800. The largest absolute Gasteiger partial charge is 0.393 e. The molecule has 4 rings (SSSR count). The number of fused-ring (bicyclic) bond motifs is 5. The number of hydrogen-bond donors (Lipinski definition) is 2. The minimum absolute atomic E-state index is 0.0860. The van der Waals surface area contributed by atoms with Crippen LogP contribution in [0.25, 0.3) is 0 Å². The molecule has 0 bridgehead atoms. The lowest BCUT2D eigenvalue weighted by molar-refractivity contribution is -0.171. The average molecular weight is 292 g/mol. The van der Waals surface area contributed by atoms with E-state index in [0.29, 0.717) is 17.3 Å². The fourth-order valence-electron chi connectivity index (χ4n) is 7.37. The summed E-state index contributed by atoms with van der Waals surface area (Å²) in [6.07, 6.45) is 10.6. The summed E-state index contributed by atoms with van der Waals surface area (Å²) in [6, 6.07) is 0. The van der Waals surface area contributed by atoms with Gasteiger partial charge in [-0.05, 0) is 85.9 Å². The smallest absolute Gasteiger partial charge is 0.0581 e. The van der Waals surface area contributed by atoms with Gasteiger partial charge in [0.2, 0.25) is 0 Å². The second kappa shape index (κ2) is 4.71. The maximum atomic E-state index is 11.0. The Labute approximate surface area is 129 Å². The summed E-state index contributed by atoms with van der Waals surface area (Å²) in [7, 11) is 0. The third kappa shape index (κ3) is 1.97. The normalized spacial score (nSPS) is 60.0. The molecule has 0 unspecified atom stereocenters. The lowest BCUT2D eigenvalue weighted by atomic mass is 9.44. The highest BCUT2D eigenvalue weighted by molar-refractivity contribution is 5.10. The first-order valence-corrected chi connectivity index (χ1v) is 9.30. The molecule has 21 heavy (non-hydrogen) atoms. The van der Waals surface area contributed by atoms with E-state index in [1.807, 2.05) is 0 Å². The molecule has 0 spiro atoms. The van der Waals surface area contributed by atoms with Gasteiger partial charge in [0.1, 0.15) is 0 Å². The topological polar surface area (TPSA) is 40.5 Å². The highest BCUT2D eigenvalue weighted by atomic mass is 16.3. The number of hydrogen-bond acceptors (Lipinski definition) is 2. The summed E-state index contributed by atoms with van der Waals surface area (Å²) in [5.74, 6) is 2.75. The van der Waals surface area contributed by atoms with Gasteiger partial charge in [-0.3, -0.25) is 0 Å². The SMILES string of the molecule is C[C@]12CCC[C@@H]1[C@@H]1CC[C@H]3C[C@H](O)CC[C@]3(C)[C@@H]1[C@@H](O)C2. The molecule has 0 aromatic heterocycles. The fraction of sp³-hybridized carbons (Fsp3) is 1.00. The standard InChI is InChI=1S/C19H32O2/c1-18-8-3-4-15(18)14-6-5-12-10-13(20)7-9-19(12,2)17(14)16(21)11-18/h12-17,20-21H,3-11H2,1-2H3/t12-,13+,14-,15+,16-,17-,18+,19-/m0/s1. The van der Waals surface area contributed by atoms with Gasteiger partial charge in [0.25, 0.3) is 0 Å². The van der Waals surface area contributed by atoms with Crippen molar-refractivity contribution in [3.8, 4) is 0 Å². The Morgan fingerprint density at radius 2 is 1.76 bits per heavy atom. The van der Waals surface area contributed by atoms with Crippen LogP contribution in [0.15, 0.2) is 0 Å². The Balaban J connectivity index is 1.67. The third-order valence-corrected chi connectivity index (χ3v) is 8.34. The van der Waals surface area contributed by atoms with Crippen molar-refractivity contribution in [2.45, 2.75) is 83.8 Å². The zero-order chi connectivity index (χ0) is 14.8. The molecule has 0 aromatic rings. The molecule has 0 aliphatic heterocycles. The van der Waals surface area contributed by atoms with Gasteiger partial charge in [0.15, 0.2) is 0 Å². The van der Waals surface area contributed by atoms with Crippen LogP contribution in [0, 0.1) is 34.5 Å². The Kier molecular flexibility index (Phi) is 3.25. The van der Waals surface area contributed by atoms with Gasteiger partial charge < -0.3 is 10.2 Å². The zero-order valence-corrected chi connectivity index (χ0v) is 13.7. The van der Waals surface area contributed by atoms with E-state index in [1.54, 1.807) is 0 Å². The first-order chi connectivity index (χ1) is 9.94. The van der Waals surface area contributed by atoms with Crippen molar-refractivity contribution in [2.75, 3.05) is 0 Å². The van der Waals surface area contributed by atoms with E-state index < -0.39 is 0 Å². The molecule has 0 aromatic carbocycles. The highest BCUT2D eigenvalue weighted by Gasteiger charge is 2.60. The predicted molar refractivity (Wildman–Crippen MR) is 83.7 cm³/mol. The molecule has 2 heteroatoms. The summed E-state index contributed by atoms with van der Waals surface area (Å²) in [6.45, 7) is 4.89. The van der Waals surface area contributed by atoms with Crippen molar-refractivity contribution in [1.29, 1.82) is 0 Å². The Morgan fingerprint density at radius 1 is 0.952 bits per heavy atom. The quantitative estimate of drug-likeness (QED) is 0.714. The monoisotopic (exact) mass is 292 g/mol. The van der Waals surface area contributed by atoms with Crippen molar-refractivity contribution < 1.29 is 10.2 Å². The lowest BCUT2D eigenvalue weighted by Gasteiger charge is -2.61. The van der Waals surface area contributed by atoms with Crippen LogP contribution < -0.4 is 0 Å². The first kappa shape index (κ1) is 14.5. The maximum absolute atomic E-state index is 11.0. The molecule has 2 nitrogen and oxygen atoms in total. The first-order valence-electron chi connectivity index (χ1n) is 9.30. The zero-order valence-electron chi connectivity index (χ0n) is 13.7. The van der Waals surface area contributed by atoms with Crippen LogP contribution in [0.2, 0.25) is 0 Å². The Morgan fingerprint density at radius 3 is 2.57 bits per heavy atom. The van der Waals surface area contributed by atoms with E-state index in [9.17, 15) is 10.2 Å². The summed E-state index contributed by atoms with van der Waals surface area (Å²) in [5.41, 5.74) is 0.698. The van der Waals surface area contributed by atoms with E-state index in [1.165, 1.54) is 32.1 Å². The fourth-order valence-corrected chi connectivity index (χ4v) is 7.37. The van der Waals surface area contributed by atoms with Crippen LogP contribution >= 0.6 is 0 Å². The van der Waals surface area contributed by atoms with Crippen molar-refractivity contribution in [3.05, 3.63) is 0 Å². The minimum Gasteiger partial charge on any atom is -0.393 e. The number of aliphatic hydroxyl groups excluding tert-OH is 2. The molecule has 4 aliphatic carbocycles. The second-order valence-electron chi connectivity index (χ2n) is 9.32. The van der Waals surface area contributed by atoms with Crippen molar-refractivity contribution in [3.63, 3.8) is 0 Å². The van der Waals surface area contributed by atoms with Crippen LogP contribution in [0.4, 0.5) is 0 Å². The van der Waals surface area contributed by atoms with E-state index >= 15 is 0 Å². The Bertz CT molecular complexity index is 422. The molecule has 8 atom stereocenters. The van der Waals surface area contributed by atoms with Crippen molar-refractivity contribution in [2.24, 2.45) is 34.5 Å². The van der Waals surface area contributed by atoms with E-state index in [0.717, 1.165) is 37.5 Å². The molecular weight excluding hydrogens is 260 g/mol. The van der Waals surface area contributed by atoms with Crippen LogP contribution in [0.3, 0.4) is 0 Å². The molecule has 2 N–H and O–H groups in total. The summed E-state index contributed by atoms with van der Waals surface area (Å²) >= 11 is 0. The summed E-state index contributed by atoms with van der Waals surface area (Å²) in [4.78, 5) is 0. The molecule has 0 saturated heterocycles. The van der Waals surface area contributed by atoms with Crippen LogP contribution in [0.5, 0.6) is 0 Å². The molecule has 0 amide bonds. The number of aliphatic hydroxyl groups is 2. The van der Waals surface area contributed by atoms with Gasteiger partial charge in [-0.2, -0.15) is 0 Å². The average Bonchev–Trinajstić information content (AvgIpc) is 2.80. The predicted octanol–water partition coefficient (Wildman–Crippen LogP) is 3.75. The van der Waals surface area contributed by atoms with Crippen molar-refractivity contribution >= 4 is 0 Å². The van der Waals surface area contributed by atoms with Gasteiger partial charge in [-0.25, -0.2) is 0 Å². The van der Waals surface area contributed by atoms with Gasteiger partial charge in [0, 0.05) is 0 Å². The second-order valence-corrected chi connectivity index (χ2v) is 9.32. The molecule has 4 aliphatic rings. The highest BCUT2D eigenvalue weighted by Crippen LogP contribution is 2.66. The van der Waals surface area contributed by atoms with E-state index in [4.69, 9.17) is 0 Å². The minimum atomic E-state index is -0.0996. The van der Waals surface area contributed by atoms with E-state index in [-0.39, 0.29) is 17.6 Å². The summed E-state index contributed by atoms with van der Waals surface area (Å²) in [5, 5.41) is 21.1. The van der Waals surface area contributed by atoms with Gasteiger partial charge in [-0.15, -0.1) is 0 Å². The molecule has 0 radical (unpaired) electrons. The van der Waals surface area contributed by atoms with Crippen LogP contribution in [-0.2, 0) is 0 Å². The number of rotatable bonds is 0. The van der Waals surface area contributed by atoms with Crippen LogP contribution in [-0.4, -0.2) is 22.4 Å². The van der Waals surface area contributed by atoms with E-state index in [2.05, 4.69) is 13.8 Å². The van der Waals surface area contributed by atoms with Gasteiger partial charge in [0.05, 0.1) is 12.2 Å². The lowest BCUT2D eigenvalue weighted by Crippen LogP contribution is -2.58.